The molecule has 0 saturated heterocycles. The Labute approximate surface area is 108 Å². The van der Waals surface area contributed by atoms with Crippen LogP contribution in [0.25, 0.3) is 0 Å². The Morgan fingerprint density at radius 2 is 2.28 bits per heavy atom. The SMILES string of the molecule is CCOC(=O)C(N=NCCC(C)C)c1cc[nH]c1. The maximum absolute atomic E-state index is 11.8. The van der Waals surface area contributed by atoms with E-state index in [1.165, 1.54) is 0 Å². The van der Waals surface area contributed by atoms with Gasteiger partial charge in [-0.3, -0.25) is 0 Å². The third kappa shape index (κ3) is 4.69. The molecule has 0 radical (unpaired) electrons. The van der Waals surface area contributed by atoms with Crippen LogP contribution in [0.4, 0.5) is 0 Å². The maximum Gasteiger partial charge on any atom is 0.337 e. The van der Waals surface area contributed by atoms with Crippen molar-refractivity contribution in [2.45, 2.75) is 33.2 Å². The lowest BCUT2D eigenvalue weighted by Gasteiger charge is -2.08. The Kier molecular flexibility index (Phi) is 6.11. The number of nitrogens with zero attached hydrogens (tertiary/aromatic N) is 2. The standard InChI is InChI=1S/C13H21N3O2/c1-4-18-13(17)12(11-6-7-14-9-11)16-15-8-5-10(2)3/h6-7,9-10,12,14H,4-5,8H2,1-3H3. The number of hydrogen-bond acceptors (Lipinski definition) is 4. The van der Waals surface area contributed by atoms with E-state index in [0.29, 0.717) is 19.1 Å². The van der Waals surface area contributed by atoms with Crippen LogP contribution >= 0.6 is 0 Å². The van der Waals surface area contributed by atoms with Gasteiger partial charge in [0, 0.05) is 18.0 Å². The van der Waals surface area contributed by atoms with Crippen LogP contribution in [0.15, 0.2) is 28.7 Å². The number of H-pyrrole nitrogens is 1. The number of ether oxygens (including phenoxy) is 1. The van der Waals surface area contributed by atoms with Crippen LogP contribution in [0.1, 0.15) is 38.8 Å². The number of hydrogen-bond donors (Lipinski definition) is 1. The average Bonchev–Trinajstić information content (AvgIpc) is 2.82. The summed E-state index contributed by atoms with van der Waals surface area (Å²) in [4.78, 5) is 14.7. The minimum atomic E-state index is -0.650. The van der Waals surface area contributed by atoms with Gasteiger partial charge < -0.3 is 9.72 Å². The highest BCUT2D eigenvalue weighted by molar-refractivity contribution is 5.77. The van der Waals surface area contributed by atoms with Gasteiger partial charge in [-0.25, -0.2) is 4.79 Å². The van der Waals surface area contributed by atoms with E-state index in [4.69, 9.17) is 4.74 Å². The lowest BCUT2D eigenvalue weighted by molar-refractivity contribution is -0.144. The summed E-state index contributed by atoms with van der Waals surface area (Å²) in [7, 11) is 0. The van der Waals surface area contributed by atoms with E-state index >= 15 is 0 Å². The molecule has 0 amide bonds. The highest BCUT2D eigenvalue weighted by Crippen LogP contribution is 2.19. The van der Waals surface area contributed by atoms with Crippen molar-refractivity contribution in [1.82, 2.24) is 4.98 Å². The largest absolute Gasteiger partial charge is 0.464 e. The minimum absolute atomic E-state index is 0.348. The number of esters is 1. The molecule has 5 nitrogen and oxygen atoms in total. The van der Waals surface area contributed by atoms with E-state index in [1.54, 1.807) is 19.3 Å². The van der Waals surface area contributed by atoms with Crippen LogP contribution in [0.5, 0.6) is 0 Å². The van der Waals surface area contributed by atoms with Crippen LogP contribution in [0.2, 0.25) is 0 Å². The molecule has 0 aliphatic carbocycles. The summed E-state index contributed by atoms with van der Waals surface area (Å²) in [5.41, 5.74) is 0.779. The molecule has 0 spiro atoms. The quantitative estimate of drug-likeness (QED) is 0.597. The van der Waals surface area contributed by atoms with Gasteiger partial charge in [0.25, 0.3) is 0 Å². The van der Waals surface area contributed by atoms with Gasteiger partial charge in [0.05, 0.1) is 13.2 Å². The normalized spacial score (nSPS) is 13.1. The first-order chi connectivity index (χ1) is 8.65. The number of carbonyl (C=O) groups is 1. The highest BCUT2D eigenvalue weighted by atomic mass is 16.5. The fraction of sp³-hybridized carbons (Fsp3) is 0.615. The zero-order chi connectivity index (χ0) is 13.4. The predicted octanol–water partition coefficient (Wildman–Crippen LogP) is 3.12. The molecule has 1 unspecified atom stereocenters. The van der Waals surface area contributed by atoms with Gasteiger partial charge in [-0.1, -0.05) is 13.8 Å². The number of aromatic amines is 1. The fourth-order valence-corrected chi connectivity index (χ4v) is 1.43. The third-order valence-electron chi connectivity index (χ3n) is 2.45. The Morgan fingerprint density at radius 1 is 1.50 bits per heavy atom. The summed E-state index contributed by atoms with van der Waals surface area (Å²) >= 11 is 0. The van der Waals surface area contributed by atoms with Crippen LogP contribution in [0.3, 0.4) is 0 Å². The van der Waals surface area contributed by atoms with Gasteiger partial charge in [-0.05, 0) is 25.3 Å². The van der Waals surface area contributed by atoms with Gasteiger partial charge in [-0.15, -0.1) is 0 Å². The fourth-order valence-electron chi connectivity index (χ4n) is 1.43. The molecule has 1 aromatic rings. The molecule has 0 bridgehead atoms. The van der Waals surface area contributed by atoms with Crippen molar-refractivity contribution in [1.29, 1.82) is 0 Å². The van der Waals surface area contributed by atoms with E-state index in [9.17, 15) is 4.79 Å². The molecule has 18 heavy (non-hydrogen) atoms. The van der Waals surface area contributed by atoms with Crippen molar-refractivity contribution in [3.05, 3.63) is 24.0 Å². The van der Waals surface area contributed by atoms with E-state index in [2.05, 4.69) is 29.1 Å². The van der Waals surface area contributed by atoms with Crippen molar-refractivity contribution in [3.8, 4) is 0 Å². The van der Waals surface area contributed by atoms with E-state index in [1.807, 2.05) is 6.07 Å². The first-order valence-electron chi connectivity index (χ1n) is 6.31. The average molecular weight is 251 g/mol. The summed E-state index contributed by atoms with van der Waals surface area (Å²) in [5, 5.41) is 8.17. The first-order valence-corrected chi connectivity index (χ1v) is 6.31. The number of aromatic nitrogens is 1. The minimum Gasteiger partial charge on any atom is -0.464 e. The monoisotopic (exact) mass is 251 g/mol. The zero-order valence-corrected chi connectivity index (χ0v) is 11.2. The molecule has 0 aliphatic rings. The number of rotatable bonds is 7. The second-order valence-electron chi connectivity index (χ2n) is 4.46. The third-order valence-corrected chi connectivity index (χ3v) is 2.45. The summed E-state index contributed by atoms with van der Waals surface area (Å²) in [6.45, 7) is 7.02. The molecule has 0 aliphatic heterocycles. The topological polar surface area (TPSA) is 66.8 Å². The van der Waals surface area contributed by atoms with Crippen molar-refractivity contribution in [3.63, 3.8) is 0 Å². The van der Waals surface area contributed by atoms with Crippen LogP contribution < -0.4 is 0 Å². The van der Waals surface area contributed by atoms with Crippen molar-refractivity contribution in [2.75, 3.05) is 13.2 Å². The summed E-state index contributed by atoms with van der Waals surface area (Å²) in [6, 6.07) is 1.16. The Morgan fingerprint density at radius 3 is 2.83 bits per heavy atom. The smallest absolute Gasteiger partial charge is 0.337 e. The van der Waals surface area contributed by atoms with Crippen molar-refractivity contribution >= 4 is 5.97 Å². The molecule has 0 fully saturated rings. The molecule has 100 valence electrons. The maximum atomic E-state index is 11.8. The van der Waals surface area contributed by atoms with Gasteiger partial charge >= 0.3 is 5.97 Å². The molecule has 1 heterocycles. The summed E-state index contributed by atoms with van der Waals surface area (Å²) < 4.78 is 5.00. The van der Waals surface area contributed by atoms with Crippen LogP contribution in [-0.2, 0) is 9.53 Å². The lowest BCUT2D eigenvalue weighted by Crippen LogP contribution is -2.13. The van der Waals surface area contributed by atoms with Gasteiger partial charge in [0.1, 0.15) is 0 Å². The molecular weight excluding hydrogens is 230 g/mol. The van der Waals surface area contributed by atoms with Crippen molar-refractivity contribution in [2.24, 2.45) is 16.1 Å². The van der Waals surface area contributed by atoms with Crippen LogP contribution in [0, 0.1) is 5.92 Å². The van der Waals surface area contributed by atoms with Crippen molar-refractivity contribution < 1.29 is 9.53 Å². The second-order valence-corrected chi connectivity index (χ2v) is 4.46. The molecular formula is C13H21N3O2. The van der Waals surface area contributed by atoms with E-state index in [-0.39, 0.29) is 5.97 Å². The van der Waals surface area contributed by atoms with E-state index in [0.717, 1.165) is 12.0 Å². The Bertz CT molecular complexity index is 372. The molecule has 0 aromatic carbocycles. The summed E-state index contributed by atoms with van der Waals surface area (Å²) in [5.74, 6) is 0.225. The molecule has 1 N–H and O–H groups in total. The zero-order valence-electron chi connectivity index (χ0n) is 11.2. The van der Waals surface area contributed by atoms with Gasteiger partial charge in [0.2, 0.25) is 0 Å². The molecule has 1 aromatic heterocycles. The molecule has 1 atom stereocenters. The van der Waals surface area contributed by atoms with Gasteiger partial charge in [0.15, 0.2) is 6.04 Å². The van der Waals surface area contributed by atoms with Gasteiger partial charge in [-0.2, -0.15) is 10.2 Å². The van der Waals surface area contributed by atoms with E-state index < -0.39 is 6.04 Å². The molecule has 1 rings (SSSR count). The van der Waals surface area contributed by atoms with Crippen LogP contribution in [-0.4, -0.2) is 24.1 Å². The summed E-state index contributed by atoms with van der Waals surface area (Å²) in [6.07, 6.45) is 4.46. The Hall–Kier alpha value is -1.65. The predicted molar refractivity (Wildman–Crippen MR) is 69.3 cm³/mol. The second kappa shape index (κ2) is 7.63. The molecule has 5 heteroatoms. The molecule has 0 saturated carbocycles. The Balaban J connectivity index is 2.64. The number of carbonyl (C=O) groups excluding carboxylic acids is 1. The lowest BCUT2D eigenvalue weighted by atomic mass is 10.1. The number of nitrogens with one attached hydrogen (secondary N) is 1. The highest BCUT2D eigenvalue weighted by Gasteiger charge is 2.21. The number of azo groups is 1. The first kappa shape index (κ1) is 14.4.